The van der Waals surface area contributed by atoms with Crippen molar-refractivity contribution in [3.8, 4) is 0 Å². The topological polar surface area (TPSA) is 108 Å². The van der Waals surface area contributed by atoms with Gasteiger partial charge in [-0.3, -0.25) is 9.36 Å². The molecule has 336 valence electrons. The van der Waals surface area contributed by atoms with Crippen LogP contribution in [0.4, 0.5) is 0 Å². The Bertz CT molecular complexity index is 1030. The van der Waals surface area contributed by atoms with Crippen LogP contribution in [0.2, 0.25) is 0 Å². The molecule has 0 aromatic carbocycles. The Morgan fingerprint density at radius 2 is 0.982 bits per heavy atom. The van der Waals surface area contributed by atoms with E-state index in [1.807, 2.05) is 27.2 Å². The number of amides is 1. The Hall–Kier alpha value is -1.28. The number of phosphoric ester groups is 1. The lowest BCUT2D eigenvalue weighted by atomic mass is 10.0. The first-order valence-electron chi connectivity index (χ1n) is 23.9. The molecule has 0 aliphatic rings. The van der Waals surface area contributed by atoms with E-state index in [-0.39, 0.29) is 12.5 Å². The van der Waals surface area contributed by atoms with Crippen LogP contribution in [-0.4, -0.2) is 68.5 Å². The van der Waals surface area contributed by atoms with Gasteiger partial charge in [-0.1, -0.05) is 198 Å². The van der Waals surface area contributed by atoms with E-state index in [0.29, 0.717) is 17.4 Å². The number of likely N-dealkylation sites (N-methyl/N-ethyl adjacent to an activating group) is 1. The predicted octanol–water partition coefficient (Wildman–Crippen LogP) is 12.8. The number of nitrogens with zero attached hydrogens (tertiary/aromatic N) is 1. The smallest absolute Gasteiger partial charge is 0.268 e. The van der Waals surface area contributed by atoms with Gasteiger partial charge in [-0.25, -0.2) is 0 Å². The maximum Gasteiger partial charge on any atom is 0.268 e. The Labute approximate surface area is 353 Å². The summed E-state index contributed by atoms with van der Waals surface area (Å²) >= 11 is 0. The van der Waals surface area contributed by atoms with Crippen molar-refractivity contribution in [2.24, 2.45) is 0 Å². The number of quaternary nitrogens is 1. The van der Waals surface area contributed by atoms with E-state index in [1.165, 1.54) is 148 Å². The van der Waals surface area contributed by atoms with Gasteiger partial charge in [0.25, 0.3) is 7.82 Å². The Kier molecular flexibility index (Phi) is 39.2. The normalized spacial score (nSPS) is 14.6. The molecule has 3 unspecified atom stereocenters. The van der Waals surface area contributed by atoms with E-state index in [0.717, 1.165) is 44.9 Å². The number of carbonyl (C=O) groups is 1. The van der Waals surface area contributed by atoms with Gasteiger partial charge in [0, 0.05) is 6.42 Å². The number of allylic oxidation sites excluding steroid dienone is 5. The standard InChI is InChI=1S/C48H93N2O6P/c1-6-8-10-12-14-15-16-17-18-19-20-21-22-23-24-25-26-27-28-29-30-31-32-33-34-36-37-39-41-47(51)46(45-56-57(53,54)55-44-43-50(3,4)5)49-48(52)42-40-38-35-13-11-9-7-2/h29-30,33-34,39,41,46-47,51H,6-28,31-32,35-38,40,42-45H2,1-5H3,(H-,49,52,53,54)/b30-29+,34-33+,41-39+. The van der Waals surface area contributed by atoms with Gasteiger partial charge < -0.3 is 28.8 Å². The highest BCUT2D eigenvalue weighted by molar-refractivity contribution is 7.45. The average molecular weight is 825 g/mol. The number of phosphoric acid groups is 1. The molecule has 9 heteroatoms. The number of unbranched alkanes of at least 4 members (excludes halogenated alkanes) is 26. The molecule has 0 saturated carbocycles. The summed E-state index contributed by atoms with van der Waals surface area (Å²) < 4.78 is 23.1. The molecule has 0 saturated heterocycles. The molecular weight excluding hydrogens is 732 g/mol. The van der Waals surface area contributed by atoms with Gasteiger partial charge >= 0.3 is 0 Å². The number of nitrogens with one attached hydrogen (secondary N) is 1. The summed E-state index contributed by atoms with van der Waals surface area (Å²) in [4.78, 5) is 25.1. The minimum atomic E-state index is -4.59. The molecule has 0 aliphatic heterocycles. The van der Waals surface area contributed by atoms with Crippen LogP contribution in [0, 0.1) is 0 Å². The third-order valence-corrected chi connectivity index (χ3v) is 11.5. The van der Waals surface area contributed by atoms with Crippen molar-refractivity contribution in [2.45, 2.75) is 225 Å². The van der Waals surface area contributed by atoms with Crippen LogP contribution in [0.25, 0.3) is 0 Å². The molecule has 0 spiro atoms. The summed E-state index contributed by atoms with van der Waals surface area (Å²) in [6, 6.07) is -0.904. The molecule has 57 heavy (non-hydrogen) atoms. The maximum absolute atomic E-state index is 12.7. The molecule has 0 aromatic rings. The Morgan fingerprint density at radius 1 is 0.596 bits per heavy atom. The second kappa shape index (κ2) is 40.1. The summed E-state index contributed by atoms with van der Waals surface area (Å²) in [5.74, 6) is -0.219. The number of hydrogen-bond acceptors (Lipinski definition) is 6. The fourth-order valence-electron chi connectivity index (χ4n) is 6.77. The van der Waals surface area contributed by atoms with E-state index < -0.39 is 26.6 Å². The predicted molar refractivity (Wildman–Crippen MR) is 242 cm³/mol. The lowest BCUT2D eigenvalue weighted by Crippen LogP contribution is -2.45. The van der Waals surface area contributed by atoms with Gasteiger partial charge in [0.1, 0.15) is 13.2 Å². The summed E-state index contributed by atoms with van der Waals surface area (Å²) in [5.41, 5.74) is 0. The summed E-state index contributed by atoms with van der Waals surface area (Å²) in [5, 5.41) is 13.7. The van der Waals surface area contributed by atoms with Crippen molar-refractivity contribution in [3.05, 3.63) is 36.5 Å². The lowest BCUT2D eigenvalue weighted by molar-refractivity contribution is -0.870. The number of hydrogen-bond donors (Lipinski definition) is 2. The summed E-state index contributed by atoms with van der Waals surface area (Å²) in [7, 11) is 1.23. The second-order valence-corrected chi connectivity index (χ2v) is 18.9. The lowest BCUT2D eigenvalue weighted by Gasteiger charge is -2.29. The Balaban J connectivity index is 4.17. The number of aliphatic hydroxyl groups excluding tert-OH is 1. The van der Waals surface area contributed by atoms with Crippen molar-refractivity contribution in [3.63, 3.8) is 0 Å². The van der Waals surface area contributed by atoms with Crippen LogP contribution in [-0.2, 0) is 18.4 Å². The molecule has 0 bridgehead atoms. The molecule has 0 fully saturated rings. The van der Waals surface area contributed by atoms with Crippen LogP contribution >= 0.6 is 7.82 Å². The van der Waals surface area contributed by atoms with Gasteiger partial charge in [-0.2, -0.15) is 0 Å². The van der Waals surface area contributed by atoms with Gasteiger partial charge in [-0.15, -0.1) is 0 Å². The van der Waals surface area contributed by atoms with Gasteiger partial charge in [-0.05, 0) is 44.9 Å². The first-order valence-corrected chi connectivity index (χ1v) is 25.3. The van der Waals surface area contributed by atoms with Crippen molar-refractivity contribution in [1.29, 1.82) is 0 Å². The number of rotatable bonds is 43. The highest BCUT2D eigenvalue weighted by atomic mass is 31.2. The van der Waals surface area contributed by atoms with Crippen LogP contribution < -0.4 is 10.2 Å². The Morgan fingerprint density at radius 3 is 1.42 bits per heavy atom. The van der Waals surface area contributed by atoms with Crippen molar-refractivity contribution in [1.82, 2.24) is 5.32 Å². The van der Waals surface area contributed by atoms with Crippen molar-refractivity contribution >= 4 is 13.7 Å². The highest BCUT2D eigenvalue weighted by Gasteiger charge is 2.23. The molecular formula is C48H93N2O6P. The van der Waals surface area contributed by atoms with Crippen molar-refractivity contribution in [2.75, 3.05) is 40.9 Å². The number of aliphatic hydroxyl groups is 1. The third kappa shape index (κ3) is 42.6. The quantitative estimate of drug-likeness (QED) is 0.0274. The summed E-state index contributed by atoms with van der Waals surface area (Å²) in [6.45, 7) is 4.57. The SMILES string of the molecule is CCCCCCCCCCCCCCCCCCCC/C=C/CC/C=C/CC/C=C/C(O)C(COP(=O)([O-])OCC[N+](C)(C)C)NC(=O)CCCCCCCCC. The largest absolute Gasteiger partial charge is 0.756 e. The fourth-order valence-corrected chi connectivity index (χ4v) is 7.50. The average Bonchev–Trinajstić information content (AvgIpc) is 3.16. The van der Waals surface area contributed by atoms with Gasteiger partial charge in [0.05, 0.1) is 39.9 Å². The zero-order chi connectivity index (χ0) is 42.1. The van der Waals surface area contributed by atoms with Crippen LogP contribution in [0.1, 0.15) is 213 Å². The van der Waals surface area contributed by atoms with Crippen LogP contribution in [0.5, 0.6) is 0 Å². The van der Waals surface area contributed by atoms with E-state index in [4.69, 9.17) is 9.05 Å². The molecule has 1 amide bonds. The van der Waals surface area contributed by atoms with E-state index in [2.05, 4.69) is 43.5 Å². The second-order valence-electron chi connectivity index (χ2n) is 17.5. The monoisotopic (exact) mass is 825 g/mol. The molecule has 0 aliphatic carbocycles. The molecule has 0 aromatic heterocycles. The molecule has 0 radical (unpaired) electrons. The molecule has 3 atom stereocenters. The zero-order valence-electron chi connectivity index (χ0n) is 38.0. The zero-order valence-corrected chi connectivity index (χ0v) is 38.9. The van der Waals surface area contributed by atoms with E-state index in [1.54, 1.807) is 6.08 Å². The molecule has 0 rings (SSSR count). The third-order valence-electron chi connectivity index (χ3n) is 10.6. The number of carbonyl (C=O) groups excluding carboxylic acids is 1. The molecule has 0 heterocycles. The van der Waals surface area contributed by atoms with Crippen LogP contribution in [0.3, 0.4) is 0 Å². The maximum atomic E-state index is 12.7. The minimum absolute atomic E-state index is 0.00848. The van der Waals surface area contributed by atoms with Crippen molar-refractivity contribution < 1.29 is 32.9 Å². The molecule has 2 N–H and O–H groups in total. The minimum Gasteiger partial charge on any atom is -0.756 e. The summed E-state index contributed by atoms with van der Waals surface area (Å²) in [6.07, 6.45) is 49.6. The first kappa shape index (κ1) is 55.7. The van der Waals surface area contributed by atoms with Crippen LogP contribution in [0.15, 0.2) is 36.5 Å². The highest BCUT2D eigenvalue weighted by Crippen LogP contribution is 2.38. The first-order chi connectivity index (χ1) is 27.5. The van der Waals surface area contributed by atoms with E-state index in [9.17, 15) is 19.4 Å². The molecule has 8 nitrogen and oxygen atoms in total. The van der Waals surface area contributed by atoms with Gasteiger partial charge in [0.2, 0.25) is 5.91 Å². The van der Waals surface area contributed by atoms with Gasteiger partial charge in [0.15, 0.2) is 0 Å². The fraction of sp³-hybridized carbons (Fsp3) is 0.854. The van der Waals surface area contributed by atoms with E-state index >= 15 is 0 Å².